The standard InChI is InChI=1S/C11H23NO2S/c1-8-5-9(2)7-10(6-8)11(3,4)15(12,13)14/h8-10H,5-7H2,1-4H3,(H2,12,13,14). The first-order chi connectivity index (χ1) is 6.64. The van der Waals surface area contributed by atoms with E-state index in [0.29, 0.717) is 11.8 Å². The highest BCUT2D eigenvalue weighted by molar-refractivity contribution is 7.90. The van der Waals surface area contributed by atoms with Crippen LogP contribution < -0.4 is 5.14 Å². The highest BCUT2D eigenvalue weighted by Gasteiger charge is 2.42. The third-order valence-corrected chi connectivity index (χ3v) is 5.69. The predicted octanol–water partition coefficient (Wildman–Crippen LogP) is 2.13. The van der Waals surface area contributed by atoms with Crippen molar-refractivity contribution in [2.24, 2.45) is 22.9 Å². The SMILES string of the molecule is CC1CC(C)CC(C(C)(C)S(N)(=O)=O)C1. The molecule has 4 heteroatoms. The largest absolute Gasteiger partial charge is 0.228 e. The Labute approximate surface area is 93.5 Å². The molecule has 0 saturated heterocycles. The van der Waals surface area contributed by atoms with Gasteiger partial charge in [0.15, 0.2) is 0 Å². The molecule has 0 aliphatic heterocycles. The summed E-state index contributed by atoms with van der Waals surface area (Å²) in [5.74, 6) is 1.42. The molecule has 2 atom stereocenters. The van der Waals surface area contributed by atoms with Crippen LogP contribution in [-0.2, 0) is 10.0 Å². The summed E-state index contributed by atoms with van der Waals surface area (Å²) in [5.41, 5.74) is 0. The second-order valence-electron chi connectivity index (χ2n) is 5.76. The van der Waals surface area contributed by atoms with E-state index in [0.717, 1.165) is 12.8 Å². The highest BCUT2D eigenvalue weighted by Crippen LogP contribution is 2.41. The molecule has 0 aromatic carbocycles. The quantitative estimate of drug-likeness (QED) is 0.794. The van der Waals surface area contributed by atoms with E-state index < -0.39 is 14.8 Å². The zero-order valence-electron chi connectivity index (χ0n) is 10.2. The molecule has 0 heterocycles. The van der Waals surface area contributed by atoms with Crippen LogP contribution in [0.4, 0.5) is 0 Å². The first kappa shape index (κ1) is 13.0. The lowest BCUT2D eigenvalue weighted by molar-refractivity contribution is 0.186. The molecule has 0 amide bonds. The molecule has 1 aliphatic carbocycles. The van der Waals surface area contributed by atoms with E-state index in [-0.39, 0.29) is 5.92 Å². The van der Waals surface area contributed by atoms with Gasteiger partial charge in [0.1, 0.15) is 0 Å². The van der Waals surface area contributed by atoms with Crippen LogP contribution in [0.25, 0.3) is 0 Å². The van der Waals surface area contributed by atoms with Crippen molar-refractivity contribution < 1.29 is 8.42 Å². The van der Waals surface area contributed by atoms with E-state index in [1.54, 1.807) is 13.8 Å². The smallest absolute Gasteiger partial charge is 0.214 e. The van der Waals surface area contributed by atoms with Gasteiger partial charge in [-0.3, -0.25) is 0 Å². The topological polar surface area (TPSA) is 60.2 Å². The van der Waals surface area contributed by atoms with Gasteiger partial charge in [-0.25, -0.2) is 13.6 Å². The molecule has 90 valence electrons. The Morgan fingerprint density at radius 3 is 1.80 bits per heavy atom. The lowest BCUT2D eigenvalue weighted by atomic mass is 9.72. The van der Waals surface area contributed by atoms with Crippen molar-refractivity contribution in [1.82, 2.24) is 0 Å². The van der Waals surface area contributed by atoms with Crippen molar-refractivity contribution >= 4 is 10.0 Å². The average molecular weight is 233 g/mol. The summed E-state index contributed by atoms with van der Waals surface area (Å²) in [4.78, 5) is 0. The Balaban J connectivity index is 2.88. The molecule has 3 nitrogen and oxygen atoms in total. The van der Waals surface area contributed by atoms with Crippen molar-refractivity contribution in [2.75, 3.05) is 0 Å². The summed E-state index contributed by atoms with van der Waals surface area (Å²) >= 11 is 0. The van der Waals surface area contributed by atoms with Crippen LogP contribution in [0.2, 0.25) is 0 Å². The van der Waals surface area contributed by atoms with Gasteiger partial charge in [-0.05, 0) is 50.9 Å². The van der Waals surface area contributed by atoms with E-state index >= 15 is 0 Å². The summed E-state index contributed by atoms with van der Waals surface area (Å²) in [7, 11) is -3.45. The average Bonchev–Trinajstić information content (AvgIpc) is 1.99. The minimum absolute atomic E-state index is 0.200. The molecule has 1 rings (SSSR count). The highest BCUT2D eigenvalue weighted by atomic mass is 32.2. The monoisotopic (exact) mass is 233 g/mol. The summed E-state index contributed by atoms with van der Waals surface area (Å²) in [6, 6.07) is 0. The lowest BCUT2D eigenvalue weighted by Gasteiger charge is -2.39. The third kappa shape index (κ3) is 2.72. The van der Waals surface area contributed by atoms with Crippen LogP contribution in [-0.4, -0.2) is 13.2 Å². The fourth-order valence-corrected chi connectivity index (χ4v) is 3.40. The van der Waals surface area contributed by atoms with Gasteiger partial charge in [-0.2, -0.15) is 0 Å². The molecule has 1 fully saturated rings. The number of primary sulfonamides is 1. The van der Waals surface area contributed by atoms with Crippen molar-refractivity contribution in [3.8, 4) is 0 Å². The zero-order valence-corrected chi connectivity index (χ0v) is 11.0. The van der Waals surface area contributed by atoms with Crippen LogP contribution in [0, 0.1) is 17.8 Å². The molecule has 0 bridgehead atoms. The number of hydrogen-bond acceptors (Lipinski definition) is 2. The summed E-state index contributed by atoms with van der Waals surface area (Å²) in [5, 5.41) is 5.31. The van der Waals surface area contributed by atoms with E-state index in [9.17, 15) is 8.42 Å². The summed E-state index contributed by atoms with van der Waals surface area (Å²) in [6.07, 6.45) is 3.17. The first-order valence-electron chi connectivity index (χ1n) is 5.67. The van der Waals surface area contributed by atoms with Crippen molar-refractivity contribution in [2.45, 2.75) is 51.7 Å². The van der Waals surface area contributed by atoms with Gasteiger partial charge in [0.05, 0.1) is 4.75 Å². The molecular weight excluding hydrogens is 210 g/mol. The van der Waals surface area contributed by atoms with E-state index in [4.69, 9.17) is 5.14 Å². The second-order valence-corrected chi connectivity index (χ2v) is 7.91. The van der Waals surface area contributed by atoms with Crippen molar-refractivity contribution in [3.63, 3.8) is 0 Å². The molecule has 2 unspecified atom stereocenters. The second kappa shape index (κ2) is 4.06. The summed E-state index contributed by atoms with van der Waals surface area (Å²) < 4.78 is 22.3. The van der Waals surface area contributed by atoms with Gasteiger partial charge < -0.3 is 0 Å². The van der Waals surface area contributed by atoms with E-state index in [1.165, 1.54) is 6.42 Å². The van der Waals surface area contributed by atoms with Gasteiger partial charge in [-0.15, -0.1) is 0 Å². The zero-order chi connectivity index (χ0) is 11.9. The van der Waals surface area contributed by atoms with Crippen LogP contribution in [0.1, 0.15) is 47.0 Å². The Kier molecular flexibility index (Phi) is 3.51. The molecule has 0 radical (unpaired) electrons. The third-order valence-electron chi connectivity index (χ3n) is 3.89. The first-order valence-corrected chi connectivity index (χ1v) is 7.21. The Morgan fingerprint density at radius 2 is 1.47 bits per heavy atom. The molecule has 15 heavy (non-hydrogen) atoms. The van der Waals surface area contributed by atoms with Crippen molar-refractivity contribution in [3.05, 3.63) is 0 Å². The Bertz CT molecular complexity index is 311. The van der Waals surface area contributed by atoms with Gasteiger partial charge in [0.2, 0.25) is 10.0 Å². The van der Waals surface area contributed by atoms with Gasteiger partial charge in [0.25, 0.3) is 0 Å². The van der Waals surface area contributed by atoms with Crippen LogP contribution in [0.15, 0.2) is 0 Å². The maximum atomic E-state index is 11.5. The summed E-state index contributed by atoms with van der Waals surface area (Å²) in [6.45, 7) is 7.92. The number of nitrogens with two attached hydrogens (primary N) is 1. The predicted molar refractivity (Wildman–Crippen MR) is 62.9 cm³/mol. The maximum Gasteiger partial charge on any atom is 0.214 e. The Hall–Kier alpha value is -0.0900. The maximum absolute atomic E-state index is 11.5. The molecule has 2 N–H and O–H groups in total. The van der Waals surface area contributed by atoms with Crippen molar-refractivity contribution in [1.29, 1.82) is 0 Å². The number of hydrogen-bond donors (Lipinski definition) is 1. The van der Waals surface area contributed by atoms with Gasteiger partial charge >= 0.3 is 0 Å². The minimum Gasteiger partial charge on any atom is -0.228 e. The molecule has 1 aliphatic rings. The van der Waals surface area contributed by atoms with E-state index in [2.05, 4.69) is 13.8 Å². The number of rotatable bonds is 2. The van der Waals surface area contributed by atoms with Crippen LogP contribution in [0.5, 0.6) is 0 Å². The lowest BCUT2D eigenvalue weighted by Crippen LogP contribution is -2.46. The molecule has 0 spiro atoms. The fraction of sp³-hybridized carbons (Fsp3) is 1.00. The molecule has 1 saturated carbocycles. The molecule has 0 aromatic heterocycles. The van der Waals surface area contributed by atoms with Crippen LogP contribution >= 0.6 is 0 Å². The molecular formula is C11H23NO2S. The molecule has 0 aromatic rings. The normalized spacial score (nSPS) is 34.1. The van der Waals surface area contributed by atoms with E-state index in [1.807, 2.05) is 0 Å². The minimum atomic E-state index is -3.45. The Morgan fingerprint density at radius 1 is 1.07 bits per heavy atom. The number of sulfonamides is 1. The fourth-order valence-electron chi connectivity index (χ4n) is 2.75. The van der Waals surface area contributed by atoms with Crippen LogP contribution in [0.3, 0.4) is 0 Å². The van der Waals surface area contributed by atoms with Gasteiger partial charge in [0, 0.05) is 0 Å². The van der Waals surface area contributed by atoms with Gasteiger partial charge in [-0.1, -0.05) is 13.8 Å².